The zero-order valence-electron chi connectivity index (χ0n) is 51.0. The van der Waals surface area contributed by atoms with Gasteiger partial charge in [-0.2, -0.15) is 0 Å². The minimum Gasteiger partial charge on any atom is -0.462 e. The first-order valence-electron chi connectivity index (χ1n) is 31.3. The number of aliphatic hydroxyl groups excluding tert-OH is 1. The van der Waals surface area contributed by atoms with Crippen LogP contribution in [0, 0.1) is 23.7 Å². The molecule has 0 spiro atoms. The molecule has 17 nitrogen and oxygen atoms in total. The lowest BCUT2D eigenvalue weighted by molar-refractivity contribution is -0.161. The maximum Gasteiger partial charge on any atom is 0.472 e. The molecule has 0 aliphatic heterocycles. The maximum absolute atomic E-state index is 12.9. The van der Waals surface area contributed by atoms with E-state index in [4.69, 9.17) is 37.0 Å². The molecule has 5 unspecified atom stereocenters. The number of hydrogen-bond donors (Lipinski definition) is 3. The molecule has 0 aromatic rings. The summed E-state index contributed by atoms with van der Waals surface area (Å²) in [7, 11) is -9.88. The molecule has 0 aliphatic carbocycles. The SMILES string of the molecule is CCC(C)CCCCCCCCC(=O)OC[C@H](COP(=O)(O)OC[C@H](O)COP(=O)(O)OC[C@@H](COC(=O)CCCCCCCCC(C)CC)OC(=O)CCCCCCCCC(C)CC)OC(=O)CCCCCCCCC(C)C. The van der Waals surface area contributed by atoms with Gasteiger partial charge in [0.1, 0.15) is 19.3 Å². The number of aliphatic hydroxyl groups is 1. The Bertz CT molecular complexity index is 1600. The van der Waals surface area contributed by atoms with E-state index in [1.807, 2.05) is 0 Å². The van der Waals surface area contributed by atoms with Crippen molar-refractivity contribution < 1.29 is 80.2 Å². The van der Waals surface area contributed by atoms with Crippen LogP contribution in [0.5, 0.6) is 0 Å². The van der Waals surface area contributed by atoms with Crippen LogP contribution in [0.25, 0.3) is 0 Å². The number of phosphoric ester groups is 2. The fraction of sp³-hybridized carbons (Fsp3) is 0.933. The van der Waals surface area contributed by atoms with E-state index < -0.39 is 97.5 Å². The molecular formula is C60H116O17P2. The van der Waals surface area contributed by atoms with E-state index >= 15 is 0 Å². The van der Waals surface area contributed by atoms with Crippen molar-refractivity contribution in [2.75, 3.05) is 39.6 Å². The van der Waals surface area contributed by atoms with E-state index in [1.165, 1.54) is 70.6 Å². The second kappa shape index (κ2) is 50.6. The first-order valence-corrected chi connectivity index (χ1v) is 34.3. The molecule has 0 fully saturated rings. The summed E-state index contributed by atoms with van der Waals surface area (Å²) < 4.78 is 67.8. The zero-order chi connectivity index (χ0) is 59.0. The molecule has 0 amide bonds. The predicted molar refractivity (Wildman–Crippen MR) is 312 cm³/mol. The van der Waals surface area contributed by atoms with Gasteiger partial charge in [0, 0.05) is 25.7 Å². The fourth-order valence-corrected chi connectivity index (χ4v) is 10.2. The van der Waals surface area contributed by atoms with Crippen LogP contribution in [0.3, 0.4) is 0 Å². The summed E-state index contributed by atoms with van der Waals surface area (Å²) in [5, 5.41) is 10.5. The molecular weight excluding hydrogens is 1050 g/mol. The van der Waals surface area contributed by atoms with Gasteiger partial charge in [0.2, 0.25) is 0 Å². The van der Waals surface area contributed by atoms with Crippen molar-refractivity contribution in [2.24, 2.45) is 23.7 Å². The third-order valence-corrected chi connectivity index (χ3v) is 16.6. The van der Waals surface area contributed by atoms with Gasteiger partial charge in [-0.25, -0.2) is 9.13 Å². The normalized spacial score (nSPS) is 15.6. The van der Waals surface area contributed by atoms with Gasteiger partial charge in [0.25, 0.3) is 0 Å². The zero-order valence-corrected chi connectivity index (χ0v) is 52.8. The molecule has 0 rings (SSSR count). The summed E-state index contributed by atoms with van der Waals surface area (Å²) in [5.74, 6) is 0.699. The van der Waals surface area contributed by atoms with Crippen molar-refractivity contribution in [2.45, 2.75) is 298 Å². The number of phosphoric acid groups is 2. The summed E-state index contributed by atoms with van der Waals surface area (Å²) >= 11 is 0. The largest absolute Gasteiger partial charge is 0.472 e. The Kier molecular flexibility index (Phi) is 49.3. The lowest BCUT2D eigenvalue weighted by Crippen LogP contribution is -2.30. The highest BCUT2D eigenvalue weighted by Crippen LogP contribution is 2.45. The van der Waals surface area contributed by atoms with Crippen LogP contribution in [0.1, 0.15) is 280 Å². The van der Waals surface area contributed by atoms with Crippen LogP contribution in [-0.4, -0.2) is 96.7 Å². The van der Waals surface area contributed by atoms with Crippen LogP contribution >= 0.6 is 15.6 Å². The molecule has 0 radical (unpaired) electrons. The average Bonchev–Trinajstić information content (AvgIpc) is 3.41. The molecule has 19 heteroatoms. The molecule has 8 atom stereocenters. The van der Waals surface area contributed by atoms with Crippen LogP contribution in [0.2, 0.25) is 0 Å². The van der Waals surface area contributed by atoms with Gasteiger partial charge in [0.15, 0.2) is 12.2 Å². The second-order valence-corrected chi connectivity index (χ2v) is 25.8. The number of unbranched alkanes of at least 4 members (excludes halogenated alkanes) is 20. The molecule has 0 saturated carbocycles. The van der Waals surface area contributed by atoms with E-state index in [-0.39, 0.29) is 25.7 Å². The number of rotatable bonds is 57. The molecule has 468 valence electrons. The van der Waals surface area contributed by atoms with Crippen molar-refractivity contribution in [3.8, 4) is 0 Å². The van der Waals surface area contributed by atoms with Crippen LogP contribution in [-0.2, 0) is 65.4 Å². The smallest absolute Gasteiger partial charge is 0.462 e. The van der Waals surface area contributed by atoms with Gasteiger partial charge in [-0.3, -0.25) is 37.3 Å². The van der Waals surface area contributed by atoms with Crippen LogP contribution < -0.4 is 0 Å². The van der Waals surface area contributed by atoms with Crippen molar-refractivity contribution in [3.63, 3.8) is 0 Å². The molecule has 0 aliphatic rings. The van der Waals surface area contributed by atoms with Gasteiger partial charge in [-0.05, 0) is 49.4 Å². The Morgan fingerprint density at radius 1 is 0.354 bits per heavy atom. The quantitative estimate of drug-likeness (QED) is 0.0222. The highest BCUT2D eigenvalue weighted by atomic mass is 31.2. The first kappa shape index (κ1) is 77.1. The van der Waals surface area contributed by atoms with Crippen molar-refractivity contribution in [3.05, 3.63) is 0 Å². The lowest BCUT2D eigenvalue weighted by Gasteiger charge is -2.21. The monoisotopic (exact) mass is 1170 g/mol. The summed E-state index contributed by atoms with van der Waals surface area (Å²) in [5.41, 5.74) is 0. The topological polar surface area (TPSA) is 237 Å². The summed E-state index contributed by atoms with van der Waals surface area (Å²) in [6.45, 7) is 13.8. The number of esters is 4. The van der Waals surface area contributed by atoms with Crippen LogP contribution in [0.15, 0.2) is 0 Å². The lowest BCUT2D eigenvalue weighted by atomic mass is 10.00. The highest BCUT2D eigenvalue weighted by Gasteiger charge is 2.30. The number of carbonyl (C=O) groups excluding carboxylic acids is 4. The number of carbonyl (C=O) groups is 4. The van der Waals surface area contributed by atoms with E-state index in [0.29, 0.717) is 31.6 Å². The molecule has 3 N–H and O–H groups in total. The van der Waals surface area contributed by atoms with Crippen LogP contribution in [0.4, 0.5) is 0 Å². The molecule has 0 heterocycles. The molecule has 0 saturated heterocycles. The summed E-state index contributed by atoms with van der Waals surface area (Å²) in [6, 6.07) is 0. The maximum atomic E-state index is 12.9. The third-order valence-electron chi connectivity index (χ3n) is 14.7. The van der Waals surface area contributed by atoms with E-state index in [9.17, 15) is 43.2 Å². The van der Waals surface area contributed by atoms with Gasteiger partial charge in [-0.1, -0.05) is 229 Å². The molecule has 79 heavy (non-hydrogen) atoms. The highest BCUT2D eigenvalue weighted by molar-refractivity contribution is 7.47. The Balaban J connectivity index is 5.26. The van der Waals surface area contributed by atoms with Gasteiger partial charge >= 0.3 is 39.5 Å². The number of ether oxygens (including phenoxy) is 4. The standard InChI is InChI=1S/C60H116O17P2/c1-9-51(6)37-29-21-13-17-24-32-40-57(62)70-46-55(76-59(64)42-34-26-16-12-20-28-36-50(4)5)48-74-78(66,67)72-44-54(61)45-73-79(68,69)75-49-56(77-60(65)43-35-27-19-15-23-31-39-53(8)11-3)47-71-58(63)41-33-25-18-14-22-30-38-52(7)10-2/h50-56,61H,9-49H2,1-8H3,(H,66,67)(H,68,69)/t51?,52?,53?,54-,55+,56+/m0/s1. The Morgan fingerprint density at radius 2 is 0.608 bits per heavy atom. The summed E-state index contributed by atoms with van der Waals surface area (Å²) in [6.07, 6.45) is 28.3. The minimum absolute atomic E-state index is 0.100. The fourth-order valence-electron chi connectivity index (χ4n) is 8.62. The molecule has 0 bridgehead atoms. The van der Waals surface area contributed by atoms with E-state index in [2.05, 4.69) is 55.4 Å². The molecule has 0 aromatic carbocycles. The second-order valence-electron chi connectivity index (χ2n) is 22.9. The Hall–Kier alpha value is -1.94. The third kappa shape index (κ3) is 51.4. The van der Waals surface area contributed by atoms with E-state index in [1.54, 1.807) is 0 Å². The average molecular weight is 1170 g/mol. The van der Waals surface area contributed by atoms with Crippen molar-refractivity contribution in [1.82, 2.24) is 0 Å². The minimum atomic E-state index is -4.94. The van der Waals surface area contributed by atoms with E-state index in [0.717, 1.165) is 120 Å². The Morgan fingerprint density at radius 3 is 0.899 bits per heavy atom. The van der Waals surface area contributed by atoms with Crippen molar-refractivity contribution >= 4 is 39.5 Å². The van der Waals surface area contributed by atoms with Gasteiger partial charge in [0.05, 0.1) is 26.4 Å². The Labute approximate surface area is 479 Å². The van der Waals surface area contributed by atoms with Gasteiger partial charge < -0.3 is 33.8 Å². The first-order chi connectivity index (χ1) is 37.7. The predicted octanol–water partition coefficient (Wildman–Crippen LogP) is 15.8. The summed E-state index contributed by atoms with van der Waals surface area (Å²) in [4.78, 5) is 72.0. The van der Waals surface area contributed by atoms with Crippen molar-refractivity contribution in [1.29, 1.82) is 0 Å². The molecule has 0 aromatic heterocycles. The van der Waals surface area contributed by atoms with Gasteiger partial charge in [-0.15, -0.1) is 0 Å². The number of hydrogen-bond acceptors (Lipinski definition) is 15.